The fourth-order valence-corrected chi connectivity index (χ4v) is 3.00. The van der Waals surface area contributed by atoms with Gasteiger partial charge in [0, 0.05) is 25.2 Å². The average Bonchev–Trinajstić information content (AvgIpc) is 2.43. The first kappa shape index (κ1) is 19.9. The highest BCUT2D eigenvalue weighted by atomic mass is 16.1. The van der Waals surface area contributed by atoms with E-state index in [9.17, 15) is 9.59 Å². The number of nitriles is 1. The van der Waals surface area contributed by atoms with Crippen molar-refractivity contribution in [1.29, 1.82) is 5.26 Å². The largest absolute Gasteiger partial charge is 0.356 e. The second-order valence-electron chi connectivity index (χ2n) is 7.35. The highest BCUT2D eigenvalue weighted by Crippen LogP contribution is 2.16. The minimum absolute atomic E-state index is 0.00302. The minimum atomic E-state index is -0.369. The molecule has 0 atom stereocenters. The van der Waals surface area contributed by atoms with Crippen LogP contribution in [0.1, 0.15) is 42.7 Å². The number of hydrogen-bond acceptors (Lipinski definition) is 4. The highest BCUT2D eigenvalue weighted by molar-refractivity contribution is 5.76. The van der Waals surface area contributed by atoms with Crippen LogP contribution in [0.4, 0.5) is 0 Å². The van der Waals surface area contributed by atoms with E-state index in [0.29, 0.717) is 24.9 Å². The molecule has 0 saturated heterocycles. The molecule has 0 unspecified atom stereocenters. The summed E-state index contributed by atoms with van der Waals surface area (Å²) in [5.74, 6) is -0.0228. The Morgan fingerprint density at radius 1 is 1.33 bits per heavy atom. The summed E-state index contributed by atoms with van der Waals surface area (Å²) in [6.07, 6.45) is 0.833. The fourth-order valence-electron chi connectivity index (χ4n) is 3.00. The SMILES string of the molecule is Cc1[nH]c(=O)c(C#N)c(C)c1CCC(=O)NCC(C)(C)CN(C)C. The Bertz CT molecular complexity index is 696. The second kappa shape index (κ2) is 8.11. The molecular weight excluding hydrogens is 304 g/mol. The molecule has 0 spiro atoms. The maximum atomic E-state index is 12.1. The van der Waals surface area contributed by atoms with E-state index in [1.807, 2.05) is 20.2 Å². The predicted octanol–water partition coefficient (Wildman–Crippen LogP) is 1.50. The second-order valence-corrected chi connectivity index (χ2v) is 7.35. The number of nitrogens with zero attached hydrogens (tertiary/aromatic N) is 2. The van der Waals surface area contributed by atoms with Gasteiger partial charge in [-0.2, -0.15) is 5.26 Å². The molecule has 0 aromatic carbocycles. The van der Waals surface area contributed by atoms with Crippen molar-refractivity contribution in [2.24, 2.45) is 5.41 Å². The molecule has 0 fully saturated rings. The quantitative estimate of drug-likeness (QED) is 0.792. The molecule has 6 heteroatoms. The topological polar surface area (TPSA) is 89.0 Å². The number of H-pyrrole nitrogens is 1. The zero-order valence-electron chi connectivity index (χ0n) is 15.5. The number of aromatic amines is 1. The molecule has 0 bridgehead atoms. The molecule has 24 heavy (non-hydrogen) atoms. The van der Waals surface area contributed by atoms with Crippen LogP contribution < -0.4 is 10.9 Å². The number of amides is 1. The number of aryl methyl sites for hydroxylation is 1. The third-order valence-electron chi connectivity index (χ3n) is 4.03. The highest BCUT2D eigenvalue weighted by Gasteiger charge is 2.20. The number of hydrogen-bond donors (Lipinski definition) is 2. The predicted molar refractivity (Wildman–Crippen MR) is 94.9 cm³/mol. The molecule has 0 radical (unpaired) electrons. The van der Waals surface area contributed by atoms with Crippen molar-refractivity contribution in [2.75, 3.05) is 27.2 Å². The molecule has 0 aliphatic heterocycles. The monoisotopic (exact) mass is 332 g/mol. The van der Waals surface area contributed by atoms with Crippen LogP contribution in [0.3, 0.4) is 0 Å². The molecule has 2 N–H and O–H groups in total. The average molecular weight is 332 g/mol. The summed E-state index contributed by atoms with van der Waals surface area (Å²) in [6, 6.07) is 1.93. The summed E-state index contributed by atoms with van der Waals surface area (Å²) in [5, 5.41) is 12.1. The zero-order chi connectivity index (χ0) is 18.5. The van der Waals surface area contributed by atoms with Crippen molar-refractivity contribution in [3.63, 3.8) is 0 Å². The van der Waals surface area contributed by atoms with Crippen molar-refractivity contribution < 1.29 is 4.79 Å². The molecule has 0 aliphatic rings. The van der Waals surface area contributed by atoms with Gasteiger partial charge in [-0.15, -0.1) is 0 Å². The molecule has 1 aromatic rings. The van der Waals surface area contributed by atoms with E-state index in [4.69, 9.17) is 5.26 Å². The van der Waals surface area contributed by atoms with Gasteiger partial charge in [-0.1, -0.05) is 13.8 Å². The maximum Gasteiger partial charge on any atom is 0.266 e. The standard InChI is InChI=1S/C18H28N4O2/c1-12-14(13(2)21-17(24)15(12)9-19)7-8-16(23)20-10-18(3,4)11-22(5)6/h7-8,10-11H2,1-6H3,(H,20,23)(H,21,24). The van der Waals surface area contributed by atoms with E-state index in [1.54, 1.807) is 13.8 Å². The van der Waals surface area contributed by atoms with Crippen LogP contribution in [-0.4, -0.2) is 43.0 Å². The van der Waals surface area contributed by atoms with Gasteiger partial charge in [0.2, 0.25) is 5.91 Å². The summed E-state index contributed by atoms with van der Waals surface area (Å²) < 4.78 is 0. The minimum Gasteiger partial charge on any atom is -0.356 e. The summed E-state index contributed by atoms with van der Waals surface area (Å²) >= 11 is 0. The van der Waals surface area contributed by atoms with Crippen molar-refractivity contribution in [2.45, 2.75) is 40.5 Å². The lowest BCUT2D eigenvalue weighted by molar-refractivity contribution is -0.121. The third kappa shape index (κ3) is 5.50. The van der Waals surface area contributed by atoms with Gasteiger partial charge in [0.05, 0.1) is 0 Å². The van der Waals surface area contributed by atoms with Crippen molar-refractivity contribution in [3.8, 4) is 6.07 Å². The molecule has 1 rings (SSSR count). The first-order chi connectivity index (χ1) is 11.1. The van der Waals surface area contributed by atoms with Crippen LogP contribution in [0.5, 0.6) is 0 Å². The molecule has 132 valence electrons. The van der Waals surface area contributed by atoms with E-state index in [-0.39, 0.29) is 22.4 Å². The van der Waals surface area contributed by atoms with Crippen LogP contribution in [0.15, 0.2) is 4.79 Å². The summed E-state index contributed by atoms with van der Waals surface area (Å²) in [5.41, 5.74) is 2.01. The smallest absolute Gasteiger partial charge is 0.266 e. The van der Waals surface area contributed by atoms with Gasteiger partial charge in [-0.25, -0.2) is 0 Å². The van der Waals surface area contributed by atoms with Gasteiger partial charge in [-0.3, -0.25) is 9.59 Å². The van der Waals surface area contributed by atoms with Crippen molar-refractivity contribution >= 4 is 5.91 Å². The lowest BCUT2D eigenvalue weighted by Crippen LogP contribution is -2.40. The number of rotatable bonds is 7. The van der Waals surface area contributed by atoms with Gasteiger partial charge in [0.25, 0.3) is 5.56 Å². The lowest BCUT2D eigenvalue weighted by atomic mass is 9.92. The van der Waals surface area contributed by atoms with Gasteiger partial charge in [0.1, 0.15) is 11.6 Å². The summed E-state index contributed by atoms with van der Waals surface area (Å²) in [4.78, 5) is 28.6. The molecule has 1 aromatic heterocycles. The van der Waals surface area contributed by atoms with E-state index in [2.05, 4.69) is 29.0 Å². The Hall–Kier alpha value is -2.13. The normalized spacial score (nSPS) is 11.4. The lowest BCUT2D eigenvalue weighted by Gasteiger charge is -2.28. The van der Waals surface area contributed by atoms with E-state index in [0.717, 1.165) is 17.8 Å². The number of aromatic nitrogens is 1. The van der Waals surface area contributed by atoms with Crippen molar-refractivity contribution in [3.05, 3.63) is 32.7 Å². The Kier molecular flexibility index (Phi) is 6.73. The first-order valence-electron chi connectivity index (χ1n) is 8.11. The first-order valence-corrected chi connectivity index (χ1v) is 8.11. The van der Waals surface area contributed by atoms with Crippen LogP contribution in [0.25, 0.3) is 0 Å². The van der Waals surface area contributed by atoms with Crippen LogP contribution >= 0.6 is 0 Å². The Morgan fingerprint density at radius 2 is 1.96 bits per heavy atom. The van der Waals surface area contributed by atoms with E-state index >= 15 is 0 Å². The van der Waals surface area contributed by atoms with Crippen molar-refractivity contribution in [1.82, 2.24) is 15.2 Å². The third-order valence-corrected chi connectivity index (χ3v) is 4.03. The van der Waals surface area contributed by atoms with E-state index < -0.39 is 0 Å². The van der Waals surface area contributed by atoms with Crippen LogP contribution in [0.2, 0.25) is 0 Å². The fraction of sp³-hybridized carbons (Fsp3) is 0.611. The van der Waals surface area contributed by atoms with Gasteiger partial charge in [-0.05, 0) is 50.9 Å². The number of carbonyl (C=O) groups excluding carboxylic acids is 1. The number of carbonyl (C=O) groups is 1. The maximum absolute atomic E-state index is 12.1. The van der Waals surface area contributed by atoms with Crippen LogP contribution in [-0.2, 0) is 11.2 Å². The summed E-state index contributed by atoms with van der Waals surface area (Å²) in [7, 11) is 4.02. The molecular formula is C18H28N4O2. The number of pyridine rings is 1. The van der Waals surface area contributed by atoms with Gasteiger partial charge in [0.15, 0.2) is 0 Å². The summed E-state index contributed by atoms with van der Waals surface area (Å²) in [6.45, 7) is 9.27. The molecule has 1 heterocycles. The molecule has 0 saturated carbocycles. The molecule has 6 nitrogen and oxygen atoms in total. The zero-order valence-corrected chi connectivity index (χ0v) is 15.5. The molecule has 1 amide bonds. The van der Waals surface area contributed by atoms with Crippen LogP contribution in [0, 0.1) is 30.6 Å². The van der Waals surface area contributed by atoms with E-state index in [1.165, 1.54) is 0 Å². The van der Waals surface area contributed by atoms with Gasteiger partial charge < -0.3 is 15.2 Å². The Balaban J connectivity index is 2.69. The number of nitrogens with one attached hydrogen (secondary N) is 2. The molecule has 0 aliphatic carbocycles. The Labute approximate surface area is 143 Å². The Morgan fingerprint density at radius 3 is 2.50 bits per heavy atom. The van der Waals surface area contributed by atoms with Gasteiger partial charge >= 0.3 is 0 Å².